The van der Waals surface area contributed by atoms with Crippen molar-refractivity contribution in [3.8, 4) is 0 Å². The third-order valence-electron chi connectivity index (χ3n) is 5.01. The van der Waals surface area contributed by atoms with E-state index in [0.29, 0.717) is 18.5 Å². The summed E-state index contributed by atoms with van der Waals surface area (Å²) in [6, 6.07) is 17.1. The quantitative estimate of drug-likeness (QED) is 0.769. The van der Waals surface area contributed by atoms with Crippen molar-refractivity contribution in [2.45, 2.75) is 32.6 Å². The van der Waals surface area contributed by atoms with Crippen LogP contribution >= 0.6 is 0 Å². The van der Waals surface area contributed by atoms with E-state index in [2.05, 4.69) is 20.8 Å². The van der Waals surface area contributed by atoms with Crippen molar-refractivity contribution in [3.63, 3.8) is 0 Å². The van der Waals surface area contributed by atoms with Gasteiger partial charge in [0, 0.05) is 12.1 Å². The van der Waals surface area contributed by atoms with Crippen molar-refractivity contribution >= 4 is 17.7 Å². The average Bonchev–Trinajstić information content (AvgIpc) is 2.67. The highest BCUT2D eigenvalue weighted by Gasteiger charge is 2.33. The molecule has 0 bridgehead atoms. The Kier molecular flexibility index (Phi) is 5.63. The summed E-state index contributed by atoms with van der Waals surface area (Å²) in [6.07, 6.45) is 0.612. The Morgan fingerprint density at radius 2 is 1.46 bits per heavy atom. The molecule has 3 rings (SSSR count). The molecule has 0 spiro atoms. The topological polar surface area (TPSA) is 57.7 Å². The molecular weight excluding hydrogens is 352 g/mol. The molecule has 5 heteroatoms. The number of nitrogens with zero attached hydrogens (tertiary/aromatic N) is 2. The maximum Gasteiger partial charge on any atom is 0.254 e. The second-order valence-electron chi connectivity index (χ2n) is 8.16. The number of carbonyl (C=O) groups is 3. The van der Waals surface area contributed by atoms with E-state index in [9.17, 15) is 14.4 Å². The fraction of sp³-hybridized carbons (Fsp3) is 0.348. The molecule has 0 saturated carbocycles. The van der Waals surface area contributed by atoms with Crippen molar-refractivity contribution in [2.75, 3.05) is 19.6 Å². The Hall–Kier alpha value is -2.95. The second kappa shape index (κ2) is 7.97. The van der Waals surface area contributed by atoms with Gasteiger partial charge < -0.3 is 4.90 Å². The Labute approximate surface area is 166 Å². The average molecular weight is 378 g/mol. The summed E-state index contributed by atoms with van der Waals surface area (Å²) in [6.45, 7) is 6.52. The first-order valence-electron chi connectivity index (χ1n) is 9.52. The van der Waals surface area contributed by atoms with Gasteiger partial charge in [-0.2, -0.15) is 0 Å². The molecule has 2 aromatic carbocycles. The van der Waals surface area contributed by atoms with Crippen LogP contribution in [0.4, 0.5) is 0 Å². The predicted molar refractivity (Wildman–Crippen MR) is 108 cm³/mol. The van der Waals surface area contributed by atoms with Gasteiger partial charge >= 0.3 is 0 Å². The lowest BCUT2D eigenvalue weighted by atomic mass is 9.86. The molecule has 3 amide bonds. The normalized spacial score (nSPS) is 15.1. The molecule has 1 aliphatic heterocycles. The van der Waals surface area contributed by atoms with E-state index in [-0.39, 0.29) is 36.2 Å². The van der Waals surface area contributed by atoms with Gasteiger partial charge in [-0.05, 0) is 35.1 Å². The van der Waals surface area contributed by atoms with Crippen LogP contribution in [-0.2, 0) is 21.4 Å². The zero-order chi connectivity index (χ0) is 20.3. The number of amides is 3. The third-order valence-corrected chi connectivity index (χ3v) is 5.01. The van der Waals surface area contributed by atoms with E-state index in [1.807, 2.05) is 42.5 Å². The Balaban J connectivity index is 1.64. The SMILES string of the molecule is CC(C)(C)c1ccc(C(=O)N2CC(=O)N(CCc3ccccc3)C(=O)C2)cc1. The van der Waals surface area contributed by atoms with Crippen LogP contribution < -0.4 is 0 Å². The number of hydrogen-bond donors (Lipinski definition) is 0. The van der Waals surface area contributed by atoms with Crippen LogP contribution in [0.2, 0.25) is 0 Å². The van der Waals surface area contributed by atoms with Crippen molar-refractivity contribution in [1.82, 2.24) is 9.80 Å². The number of hydrogen-bond acceptors (Lipinski definition) is 3. The zero-order valence-corrected chi connectivity index (χ0v) is 16.6. The van der Waals surface area contributed by atoms with Crippen LogP contribution in [0.15, 0.2) is 54.6 Å². The molecule has 146 valence electrons. The molecule has 5 nitrogen and oxygen atoms in total. The molecule has 0 unspecified atom stereocenters. The molecular formula is C23H26N2O3. The highest BCUT2D eigenvalue weighted by molar-refractivity contribution is 6.05. The summed E-state index contributed by atoms with van der Waals surface area (Å²) in [5.41, 5.74) is 2.69. The van der Waals surface area contributed by atoms with Crippen molar-refractivity contribution in [2.24, 2.45) is 0 Å². The van der Waals surface area contributed by atoms with Gasteiger partial charge in [0.15, 0.2) is 0 Å². The van der Waals surface area contributed by atoms with Crippen molar-refractivity contribution in [3.05, 3.63) is 71.3 Å². The number of piperazine rings is 1. The summed E-state index contributed by atoms with van der Waals surface area (Å²) in [4.78, 5) is 40.3. The van der Waals surface area contributed by atoms with Gasteiger partial charge in [-0.25, -0.2) is 0 Å². The fourth-order valence-electron chi connectivity index (χ4n) is 3.27. The van der Waals surface area contributed by atoms with Crippen molar-refractivity contribution in [1.29, 1.82) is 0 Å². The molecule has 1 heterocycles. The maximum atomic E-state index is 12.7. The first kappa shape index (κ1) is 19.8. The molecule has 1 fully saturated rings. The maximum absolute atomic E-state index is 12.7. The van der Waals surface area contributed by atoms with Crippen molar-refractivity contribution < 1.29 is 14.4 Å². The molecule has 0 radical (unpaired) electrons. The van der Waals surface area contributed by atoms with Gasteiger partial charge in [0.05, 0.1) is 0 Å². The van der Waals surface area contributed by atoms with Gasteiger partial charge in [0.2, 0.25) is 11.8 Å². The van der Waals surface area contributed by atoms with Crippen LogP contribution in [-0.4, -0.2) is 47.2 Å². The lowest BCUT2D eigenvalue weighted by molar-refractivity contribution is -0.150. The lowest BCUT2D eigenvalue weighted by Gasteiger charge is -2.32. The van der Waals surface area contributed by atoms with E-state index in [0.717, 1.165) is 11.1 Å². The largest absolute Gasteiger partial charge is 0.320 e. The van der Waals surface area contributed by atoms with E-state index >= 15 is 0 Å². The molecule has 1 aliphatic rings. The second-order valence-corrected chi connectivity index (χ2v) is 8.16. The summed E-state index contributed by atoms with van der Waals surface area (Å²) in [7, 11) is 0. The first-order chi connectivity index (χ1) is 13.3. The summed E-state index contributed by atoms with van der Waals surface area (Å²) in [5.74, 6) is -0.941. The molecule has 0 aromatic heterocycles. The smallest absolute Gasteiger partial charge is 0.254 e. The zero-order valence-electron chi connectivity index (χ0n) is 16.6. The van der Waals surface area contributed by atoms with Gasteiger partial charge in [0.1, 0.15) is 13.1 Å². The Bertz CT molecular complexity index is 849. The van der Waals surface area contributed by atoms with Gasteiger partial charge in [-0.3, -0.25) is 19.3 Å². The van der Waals surface area contributed by atoms with Crippen LogP contribution in [0.25, 0.3) is 0 Å². The summed E-state index contributed by atoms with van der Waals surface area (Å²) in [5, 5.41) is 0. The minimum atomic E-state index is -0.327. The molecule has 0 aliphatic carbocycles. The number of carbonyl (C=O) groups excluding carboxylic acids is 3. The van der Waals surface area contributed by atoms with Crippen LogP contribution in [0.5, 0.6) is 0 Å². The molecule has 0 N–H and O–H groups in total. The van der Waals surface area contributed by atoms with E-state index in [1.54, 1.807) is 12.1 Å². The highest BCUT2D eigenvalue weighted by Crippen LogP contribution is 2.23. The first-order valence-corrected chi connectivity index (χ1v) is 9.52. The molecule has 2 aromatic rings. The fourth-order valence-corrected chi connectivity index (χ4v) is 3.27. The third kappa shape index (κ3) is 4.47. The van der Waals surface area contributed by atoms with Gasteiger partial charge in [-0.15, -0.1) is 0 Å². The lowest BCUT2D eigenvalue weighted by Crippen LogP contribution is -2.55. The summed E-state index contributed by atoms with van der Waals surface area (Å²) < 4.78 is 0. The number of rotatable bonds is 4. The Morgan fingerprint density at radius 1 is 0.893 bits per heavy atom. The van der Waals surface area contributed by atoms with Crippen LogP contribution in [0.1, 0.15) is 42.3 Å². The minimum absolute atomic E-state index is 0.00209. The number of benzene rings is 2. The highest BCUT2D eigenvalue weighted by atomic mass is 16.2. The van der Waals surface area contributed by atoms with E-state index < -0.39 is 0 Å². The van der Waals surface area contributed by atoms with Gasteiger partial charge in [-0.1, -0.05) is 63.2 Å². The van der Waals surface area contributed by atoms with Crippen LogP contribution in [0, 0.1) is 0 Å². The predicted octanol–water partition coefficient (Wildman–Crippen LogP) is 3.04. The van der Waals surface area contributed by atoms with Crippen LogP contribution in [0.3, 0.4) is 0 Å². The van der Waals surface area contributed by atoms with E-state index in [1.165, 1.54) is 9.80 Å². The monoisotopic (exact) mass is 378 g/mol. The standard InChI is InChI=1S/C23H26N2O3/c1-23(2,3)19-11-9-18(10-12-19)22(28)24-15-20(26)25(21(27)16-24)14-13-17-7-5-4-6-8-17/h4-12H,13-16H2,1-3H3. The molecule has 0 atom stereocenters. The number of imide groups is 1. The van der Waals surface area contributed by atoms with E-state index in [4.69, 9.17) is 0 Å². The molecule has 28 heavy (non-hydrogen) atoms. The Morgan fingerprint density at radius 3 is 2.00 bits per heavy atom. The minimum Gasteiger partial charge on any atom is -0.320 e. The van der Waals surface area contributed by atoms with Gasteiger partial charge in [0.25, 0.3) is 5.91 Å². The molecule has 1 saturated heterocycles. The summed E-state index contributed by atoms with van der Waals surface area (Å²) >= 11 is 0.